The lowest BCUT2D eigenvalue weighted by atomic mass is 10.2. The van der Waals surface area contributed by atoms with Gasteiger partial charge in [0.2, 0.25) is 0 Å². The minimum absolute atomic E-state index is 0.0159. The van der Waals surface area contributed by atoms with Gasteiger partial charge in [-0.3, -0.25) is 19.1 Å². The van der Waals surface area contributed by atoms with Gasteiger partial charge in [-0.1, -0.05) is 60.3 Å². The maximum absolute atomic E-state index is 13.5. The molecule has 4 aromatic rings. The lowest BCUT2D eigenvalue weighted by Gasteiger charge is -2.26. The molecule has 0 bridgehead atoms. The van der Waals surface area contributed by atoms with Gasteiger partial charge in [-0.25, -0.2) is 4.98 Å². The van der Waals surface area contributed by atoms with Crippen LogP contribution in [0.5, 0.6) is 0 Å². The molecule has 2 aromatic heterocycles. The number of benzene rings is 2. The summed E-state index contributed by atoms with van der Waals surface area (Å²) in [6.07, 6.45) is 0.845. The SMILES string of the molecule is O=C(CSc1nc2c(sc3ccccc32)c(=O)n1CCCN1CCOCC1)c1ccccc1. The average molecular weight is 480 g/mol. The van der Waals surface area contributed by atoms with Crippen molar-refractivity contribution in [3.05, 3.63) is 70.5 Å². The summed E-state index contributed by atoms with van der Waals surface area (Å²) in [5.74, 6) is 0.276. The first kappa shape index (κ1) is 22.3. The maximum Gasteiger partial charge on any atom is 0.272 e. The zero-order valence-electron chi connectivity index (χ0n) is 18.2. The number of aromatic nitrogens is 2. The second-order valence-electron chi connectivity index (χ2n) is 8.01. The molecule has 0 radical (unpaired) electrons. The van der Waals surface area contributed by atoms with E-state index in [1.54, 1.807) is 4.57 Å². The Balaban J connectivity index is 1.44. The Kier molecular flexibility index (Phi) is 6.87. The topological polar surface area (TPSA) is 64.4 Å². The zero-order chi connectivity index (χ0) is 22.6. The third-order valence-corrected chi connectivity index (χ3v) is 7.96. The first-order valence-corrected chi connectivity index (χ1v) is 12.9. The minimum Gasteiger partial charge on any atom is -0.379 e. The van der Waals surface area contributed by atoms with Gasteiger partial charge in [0, 0.05) is 41.8 Å². The summed E-state index contributed by atoms with van der Waals surface area (Å²) in [5.41, 5.74) is 1.39. The van der Waals surface area contributed by atoms with Crippen molar-refractivity contribution in [2.45, 2.75) is 18.1 Å². The number of thioether (sulfide) groups is 1. The van der Waals surface area contributed by atoms with E-state index < -0.39 is 0 Å². The molecule has 170 valence electrons. The fraction of sp³-hybridized carbons (Fsp3) is 0.320. The molecule has 0 spiro atoms. The van der Waals surface area contributed by atoms with Gasteiger partial charge in [-0.15, -0.1) is 11.3 Å². The minimum atomic E-state index is -0.0159. The molecule has 6 nitrogen and oxygen atoms in total. The van der Waals surface area contributed by atoms with Gasteiger partial charge < -0.3 is 4.74 Å². The van der Waals surface area contributed by atoms with E-state index in [2.05, 4.69) is 4.90 Å². The van der Waals surface area contributed by atoms with Crippen molar-refractivity contribution in [2.75, 3.05) is 38.6 Å². The largest absolute Gasteiger partial charge is 0.379 e. The van der Waals surface area contributed by atoms with Crippen molar-refractivity contribution < 1.29 is 9.53 Å². The van der Waals surface area contributed by atoms with Gasteiger partial charge in [0.1, 0.15) is 4.70 Å². The Labute approximate surface area is 200 Å². The normalized spacial score (nSPS) is 14.8. The van der Waals surface area contributed by atoms with E-state index in [0.29, 0.717) is 22.0 Å². The summed E-state index contributed by atoms with van der Waals surface area (Å²) in [6.45, 7) is 4.86. The van der Waals surface area contributed by atoms with E-state index >= 15 is 0 Å². The van der Waals surface area contributed by atoms with Gasteiger partial charge in [0.05, 0.1) is 24.5 Å². The summed E-state index contributed by atoms with van der Waals surface area (Å²) in [4.78, 5) is 33.5. The molecule has 3 heterocycles. The first-order chi connectivity index (χ1) is 16.2. The molecular formula is C25H25N3O3S2. The van der Waals surface area contributed by atoms with Crippen LogP contribution < -0.4 is 5.56 Å². The molecule has 0 amide bonds. The molecule has 1 aliphatic rings. The summed E-state index contributed by atoms with van der Waals surface area (Å²) in [6, 6.07) is 17.2. The van der Waals surface area contributed by atoms with Crippen molar-refractivity contribution in [1.29, 1.82) is 0 Å². The van der Waals surface area contributed by atoms with Gasteiger partial charge in [-0.05, 0) is 12.5 Å². The van der Waals surface area contributed by atoms with Crippen molar-refractivity contribution >= 4 is 49.2 Å². The highest BCUT2D eigenvalue weighted by Gasteiger charge is 2.18. The number of thiophene rings is 1. The van der Waals surface area contributed by atoms with Gasteiger partial charge in [-0.2, -0.15) is 0 Å². The highest BCUT2D eigenvalue weighted by molar-refractivity contribution is 7.99. The number of Topliss-reactive ketones (excluding diaryl/α,β-unsaturated/α-hetero) is 1. The molecule has 5 rings (SSSR count). The molecule has 1 fully saturated rings. The van der Waals surface area contributed by atoms with E-state index in [0.717, 1.165) is 54.9 Å². The zero-order valence-corrected chi connectivity index (χ0v) is 19.9. The molecule has 33 heavy (non-hydrogen) atoms. The third-order valence-electron chi connectivity index (χ3n) is 5.83. The highest BCUT2D eigenvalue weighted by atomic mass is 32.2. The quantitative estimate of drug-likeness (QED) is 0.213. The van der Waals surface area contributed by atoms with E-state index in [-0.39, 0.29) is 17.1 Å². The fourth-order valence-electron chi connectivity index (χ4n) is 4.08. The van der Waals surface area contributed by atoms with Crippen LogP contribution in [0.2, 0.25) is 0 Å². The van der Waals surface area contributed by atoms with Crippen LogP contribution in [0, 0.1) is 0 Å². The standard InChI is InChI=1S/C25H25N3O3S2/c29-20(18-7-2-1-3-8-18)17-32-25-26-22-19-9-4-5-10-21(19)33-23(22)24(30)28(25)12-6-11-27-13-15-31-16-14-27/h1-5,7-10H,6,11-17H2. The lowest BCUT2D eigenvalue weighted by molar-refractivity contribution is 0.0368. The summed E-state index contributed by atoms with van der Waals surface area (Å²) >= 11 is 2.85. The van der Waals surface area contributed by atoms with Crippen LogP contribution in [0.25, 0.3) is 20.3 Å². The monoisotopic (exact) mass is 479 g/mol. The van der Waals surface area contributed by atoms with Crippen molar-refractivity contribution in [3.63, 3.8) is 0 Å². The molecule has 0 unspecified atom stereocenters. The second-order valence-corrected chi connectivity index (χ2v) is 10.0. The number of ketones is 1. The summed E-state index contributed by atoms with van der Waals surface area (Å²) < 4.78 is 8.93. The number of morpholine rings is 1. The van der Waals surface area contributed by atoms with Crippen LogP contribution in [-0.2, 0) is 11.3 Å². The number of fused-ring (bicyclic) bond motifs is 3. The van der Waals surface area contributed by atoms with Crippen LogP contribution in [-0.4, -0.2) is 58.8 Å². The van der Waals surface area contributed by atoms with Crippen molar-refractivity contribution in [3.8, 4) is 0 Å². The number of hydrogen-bond acceptors (Lipinski definition) is 7. The predicted molar refractivity (Wildman–Crippen MR) is 135 cm³/mol. The predicted octanol–water partition coefficient (Wildman–Crippen LogP) is 4.31. The average Bonchev–Trinajstić information content (AvgIpc) is 3.24. The van der Waals surface area contributed by atoms with Gasteiger partial charge >= 0.3 is 0 Å². The molecule has 0 saturated carbocycles. The van der Waals surface area contributed by atoms with E-state index in [1.165, 1.54) is 23.1 Å². The Morgan fingerprint density at radius 1 is 1.03 bits per heavy atom. The maximum atomic E-state index is 13.5. The van der Waals surface area contributed by atoms with Crippen molar-refractivity contribution in [2.24, 2.45) is 0 Å². The number of hydrogen-bond donors (Lipinski definition) is 0. The molecular weight excluding hydrogens is 454 g/mol. The Morgan fingerprint density at radius 2 is 1.79 bits per heavy atom. The second kappa shape index (κ2) is 10.2. The molecule has 1 aliphatic heterocycles. The molecule has 0 N–H and O–H groups in total. The number of carbonyl (C=O) groups is 1. The number of rotatable bonds is 8. The summed E-state index contributed by atoms with van der Waals surface area (Å²) in [7, 11) is 0. The molecule has 0 aliphatic carbocycles. The van der Waals surface area contributed by atoms with Gasteiger partial charge in [0.25, 0.3) is 5.56 Å². The molecule has 2 aromatic carbocycles. The number of carbonyl (C=O) groups excluding carboxylic acids is 1. The first-order valence-electron chi connectivity index (χ1n) is 11.1. The highest BCUT2D eigenvalue weighted by Crippen LogP contribution is 2.32. The van der Waals surface area contributed by atoms with Crippen LogP contribution in [0.3, 0.4) is 0 Å². The van der Waals surface area contributed by atoms with Crippen molar-refractivity contribution in [1.82, 2.24) is 14.5 Å². The van der Waals surface area contributed by atoms with Crippen LogP contribution >= 0.6 is 23.1 Å². The molecule has 8 heteroatoms. The van der Waals surface area contributed by atoms with E-state index in [4.69, 9.17) is 9.72 Å². The lowest BCUT2D eigenvalue weighted by Crippen LogP contribution is -2.37. The Morgan fingerprint density at radius 3 is 2.61 bits per heavy atom. The molecule has 1 saturated heterocycles. The smallest absolute Gasteiger partial charge is 0.272 e. The fourth-order valence-corrected chi connectivity index (χ4v) is 6.08. The van der Waals surface area contributed by atoms with Crippen LogP contribution in [0.1, 0.15) is 16.8 Å². The van der Waals surface area contributed by atoms with Crippen LogP contribution in [0.4, 0.5) is 0 Å². The third kappa shape index (κ3) is 4.89. The van der Waals surface area contributed by atoms with Crippen LogP contribution in [0.15, 0.2) is 64.5 Å². The van der Waals surface area contributed by atoms with E-state index in [9.17, 15) is 9.59 Å². The van der Waals surface area contributed by atoms with Gasteiger partial charge in [0.15, 0.2) is 10.9 Å². The Bertz CT molecular complexity index is 1330. The Hall–Kier alpha value is -2.52. The molecule has 0 atom stereocenters. The van der Waals surface area contributed by atoms with E-state index in [1.807, 2.05) is 54.6 Å². The number of nitrogens with zero attached hydrogens (tertiary/aromatic N) is 3. The summed E-state index contributed by atoms with van der Waals surface area (Å²) in [5, 5.41) is 1.61. The number of ether oxygens (including phenoxy) is 1.